The van der Waals surface area contributed by atoms with Crippen LogP contribution in [-0.2, 0) is 14.3 Å². The molecule has 1 saturated heterocycles. The number of esters is 1. The predicted octanol–water partition coefficient (Wildman–Crippen LogP) is 2.36. The van der Waals surface area contributed by atoms with E-state index in [2.05, 4.69) is 4.74 Å². The van der Waals surface area contributed by atoms with Crippen molar-refractivity contribution in [2.45, 2.75) is 13.0 Å². The number of hydrogen-bond donors (Lipinski definition) is 0. The molecule has 9 heteroatoms. The zero-order valence-corrected chi connectivity index (χ0v) is 13.8. The highest BCUT2D eigenvalue weighted by molar-refractivity contribution is 8.26. The zero-order chi connectivity index (χ0) is 17.1. The highest BCUT2D eigenvalue weighted by Crippen LogP contribution is 2.35. The molecule has 1 amide bonds. The highest BCUT2D eigenvalue weighted by Gasteiger charge is 2.38. The molecule has 2 rings (SSSR count). The molecule has 0 aliphatic carbocycles. The first-order valence-corrected chi connectivity index (χ1v) is 7.67. The fourth-order valence-electron chi connectivity index (χ4n) is 2.01. The summed E-state index contributed by atoms with van der Waals surface area (Å²) in [5, 5.41) is 11.0. The number of benzene rings is 1. The number of rotatable bonds is 4. The Hall–Kier alpha value is -2.26. The van der Waals surface area contributed by atoms with Gasteiger partial charge in [0, 0.05) is 6.07 Å². The maximum absolute atomic E-state index is 12.4. The van der Waals surface area contributed by atoms with Crippen molar-refractivity contribution in [2.24, 2.45) is 0 Å². The highest BCUT2D eigenvalue weighted by atomic mass is 32.2. The fourth-order valence-corrected chi connectivity index (χ4v) is 3.42. The summed E-state index contributed by atoms with van der Waals surface area (Å²) in [6.07, 6.45) is 1.40. The third-order valence-corrected chi connectivity index (χ3v) is 4.50. The van der Waals surface area contributed by atoms with Crippen LogP contribution in [0.3, 0.4) is 0 Å². The molecule has 0 aromatic heterocycles. The summed E-state index contributed by atoms with van der Waals surface area (Å²) in [7, 11) is 1.22. The molecule has 0 saturated carbocycles. The van der Waals surface area contributed by atoms with Crippen LogP contribution in [0.15, 0.2) is 29.2 Å². The summed E-state index contributed by atoms with van der Waals surface area (Å²) < 4.78 is 4.82. The average molecular weight is 352 g/mol. The minimum absolute atomic E-state index is 0.112. The lowest BCUT2D eigenvalue weighted by atomic mass is 10.1. The van der Waals surface area contributed by atoms with Crippen LogP contribution in [0.2, 0.25) is 0 Å². The van der Waals surface area contributed by atoms with Gasteiger partial charge in [-0.2, -0.15) is 0 Å². The molecule has 7 nitrogen and oxygen atoms in total. The van der Waals surface area contributed by atoms with Gasteiger partial charge in [0.25, 0.3) is 11.6 Å². The second-order valence-corrected chi connectivity index (χ2v) is 6.24. The molecule has 1 fully saturated rings. The molecule has 23 heavy (non-hydrogen) atoms. The summed E-state index contributed by atoms with van der Waals surface area (Å²) in [6, 6.07) is 5.21. The lowest BCUT2D eigenvalue weighted by molar-refractivity contribution is -0.385. The van der Waals surface area contributed by atoms with E-state index >= 15 is 0 Å². The molecule has 1 heterocycles. The normalized spacial score (nSPS) is 17.5. The Bertz CT molecular complexity index is 732. The van der Waals surface area contributed by atoms with Gasteiger partial charge >= 0.3 is 5.97 Å². The van der Waals surface area contributed by atoms with Crippen LogP contribution in [0.25, 0.3) is 6.08 Å². The number of methoxy groups -OCH3 is 1. The van der Waals surface area contributed by atoms with Crippen molar-refractivity contribution >= 4 is 51.9 Å². The Morgan fingerprint density at radius 2 is 2.13 bits per heavy atom. The molecule has 1 aliphatic heterocycles. The molecular formula is C14H12N2O5S2. The molecule has 0 radical (unpaired) electrons. The largest absolute Gasteiger partial charge is 0.467 e. The molecular weight excluding hydrogens is 340 g/mol. The number of nitrogens with zero attached hydrogens (tertiary/aromatic N) is 2. The minimum Gasteiger partial charge on any atom is -0.467 e. The number of nitro benzene ring substituents is 1. The van der Waals surface area contributed by atoms with E-state index in [9.17, 15) is 19.7 Å². The van der Waals surface area contributed by atoms with Gasteiger partial charge in [-0.3, -0.25) is 19.8 Å². The SMILES string of the molecule is COC(=O)C(C)N1C(=O)C(=Cc2ccccc2[N+](=O)[O-])SC1=S. The summed E-state index contributed by atoms with van der Waals surface area (Å²) in [5.41, 5.74) is 0.183. The van der Waals surface area contributed by atoms with Gasteiger partial charge in [-0.1, -0.05) is 36.1 Å². The van der Waals surface area contributed by atoms with Crippen LogP contribution in [0, 0.1) is 10.1 Å². The van der Waals surface area contributed by atoms with Crippen molar-refractivity contribution in [1.29, 1.82) is 0 Å². The maximum Gasteiger partial charge on any atom is 0.328 e. The van der Waals surface area contributed by atoms with E-state index in [0.717, 1.165) is 16.7 Å². The number of nitro groups is 1. The molecule has 1 aliphatic rings. The van der Waals surface area contributed by atoms with Gasteiger partial charge in [0.15, 0.2) is 0 Å². The number of hydrogen-bond acceptors (Lipinski definition) is 7. The Morgan fingerprint density at radius 1 is 1.48 bits per heavy atom. The third kappa shape index (κ3) is 3.40. The lowest BCUT2D eigenvalue weighted by Gasteiger charge is -2.20. The molecule has 1 atom stereocenters. The Kier molecular flexibility index (Phi) is 5.12. The summed E-state index contributed by atoms with van der Waals surface area (Å²) in [6.45, 7) is 1.50. The first-order valence-electron chi connectivity index (χ1n) is 6.45. The van der Waals surface area contributed by atoms with Crippen molar-refractivity contribution < 1.29 is 19.2 Å². The van der Waals surface area contributed by atoms with Gasteiger partial charge in [0.2, 0.25) is 0 Å². The second-order valence-electron chi connectivity index (χ2n) is 4.57. The topological polar surface area (TPSA) is 89.8 Å². The number of carbonyl (C=O) groups excluding carboxylic acids is 2. The number of amides is 1. The number of para-hydroxylation sites is 1. The van der Waals surface area contributed by atoms with Crippen molar-refractivity contribution in [3.05, 3.63) is 44.8 Å². The number of thioether (sulfide) groups is 1. The van der Waals surface area contributed by atoms with Gasteiger partial charge in [-0.25, -0.2) is 4.79 Å². The van der Waals surface area contributed by atoms with E-state index in [4.69, 9.17) is 12.2 Å². The molecule has 0 bridgehead atoms. The van der Waals surface area contributed by atoms with Crippen molar-refractivity contribution in [2.75, 3.05) is 7.11 Å². The van der Waals surface area contributed by atoms with E-state index in [1.807, 2.05) is 0 Å². The van der Waals surface area contributed by atoms with E-state index in [0.29, 0.717) is 5.56 Å². The summed E-state index contributed by atoms with van der Waals surface area (Å²) in [5.74, 6) is -1.07. The zero-order valence-electron chi connectivity index (χ0n) is 12.2. The molecule has 1 aromatic carbocycles. The monoisotopic (exact) mass is 352 g/mol. The van der Waals surface area contributed by atoms with E-state index in [1.54, 1.807) is 12.1 Å². The molecule has 1 unspecified atom stereocenters. The van der Waals surface area contributed by atoms with Gasteiger partial charge < -0.3 is 4.74 Å². The Balaban J connectivity index is 2.36. The van der Waals surface area contributed by atoms with Crippen LogP contribution >= 0.6 is 24.0 Å². The number of ether oxygens (including phenoxy) is 1. The Labute approximate surface area is 141 Å². The maximum atomic E-state index is 12.4. The smallest absolute Gasteiger partial charge is 0.328 e. The van der Waals surface area contributed by atoms with Gasteiger partial charge in [0.1, 0.15) is 10.4 Å². The molecule has 0 N–H and O–H groups in total. The van der Waals surface area contributed by atoms with Crippen LogP contribution in [-0.4, -0.2) is 39.2 Å². The van der Waals surface area contributed by atoms with Crippen LogP contribution < -0.4 is 0 Å². The minimum atomic E-state index is -0.857. The van der Waals surface area contributed by atoms with Crippen molar-refractivity contribution in [1.82, 2.24) is 4.90 Å². The standard InChI is InChI=1S/C14H12N2O5S2/c1-8(13(18)21-2)15-12(17)11(23-14(15)22)7-9-5-3-4-6-10(9)16(19)20/h3-8H,1-2H3. The fraction of sp³-hybridized carbons (Fsp3) is 0.214. The van der Waals surface area contributed by atoms with E-state index < -0.39 is 22.8 Å². The van der Waals surface area contributed by atoms with Crippen LogP contribution in [0.1, 0.15) is 12.5 Å². The number of thiocarbonyl (C=S) groups is 1. The first kappa shape index (κ1) is 17.1. The lowest BCUT2D eigenvalue weighted by Crippen LogP contribution is -2.42. The average Bonchev–Trinajstić information content (AvgIpc) is 2.80. The summed E-state index contributed by atoms with van der Waals surface area (Å²) >= 11 is 6.12. The van der Waals surface area contributed by atoms with Crippen LogP contribution in [0.4, 0.5) is 5.69 Å². The predicted molar refractivity (Wildman–Crippen MR) is 89.6 cm³/mol. The Morgan fingerprint density at radius 3 is 2.74 bits per heavy atom. The van der Waals surface area contributed by atoms with Crippen LogP contribution in [0.5, 0.6) is 0 Å². The van der Waals surface area contributed by atoms with E-state index in [1.165, 1.54) is 32.2 Å². The third-order valence-electron chi connectivity index (χ3n) is 3.17. The van der Waals surface area contributed by atoms with Gasteiger partial charge in [-0.05, 0) is 19.1 Å². The van der Waals surface area contributed by atoms with Crippen molar-refractivity contribution in [3.63, 3.8) is 0 Å². The quantitative estimate of drug-likeness (QED) is 0.270. The second kappa shape index (κ2) is 6.88. The first-order chi connectivity index (χ1) is 10.9. The number of carbonyl (C=O) groups is 2. The molecule has 0 spiro atoms. The van der Waals surface area contributed by atoms with Gasteiger partial charge in [0.05, 0.1) is 22.5 Å². The molecule has 120 valence electrons. The summed E-state index contributed by atoms with van der Waals surface area (Å²) in [4.78, 5) is 35.9. The molecule has 1 aromatic rings. The van der Waals surface area contributed by atoms with Gasteiger partial charge in [-0.15, -0.1) is 0 Å². The van der Waals surface area contributed by atoms with Crippen molar-refractivity contribution in [3.8, 4) is 0 Å². The van der Waals surface area contributed by atoms with E-state index in [-0.39, 0.29) is 14.9 Å².